The number of benzene rings is 2. The van der Waals surface area contributed by atoms with Crippen molar-refractivity contribution in [2.45, 2.75) is 50.2 Å². The van der Waals surface area contributed by atoms with Gasteiger partial charge in [0, 0.05) is 24.7 Å². The van der Waals surface area contributed by atoms with E-state index in [1.54, 1.807) is 13.8 Å². The molecular formula is C22H26F3N3O3S. The summed E-state index contributed by atoms with van der Waals surface area (Å²) in [6.45, 7) is 4.77. The van der Waals surface area contributed by atoms with E-state index in [2.05, 4.69) is 10.0 Å². The predicted octanol–water partition coefficient (Wildman–Crippen LogP) is 4.63. The SMILES string of the molecule is CC(C)NS(=O)(=O)c1ccc(C(=O)Nc2cc(C(F)(F)F)ccc2N2CCCCC2)cc1. The average molecular weight is 470 g/mol. The Morgan fingerprint density at radius 3 is 2.19 bits per heavy atom. The molecule has 32 heavy (non-hydrogen) atoms. The fourth-order valence-electron chi connectivity index (χ4n) is 3.58. The number of piperidine rings is 1. The van der Waals surface area contributed by atoms with Crippen LogP contribution >= 0.6 is 0 Å². The molecule has 1 aliphatic rings. The Morgan fingerprint density at radius 2 is 1.62 bits per heavy atom. The molecule has 2 N–H and O–H groups in total. The zero-order valence-corrected chi connectivity index (χ0v) is 18.7. The molecule has 0 spiro atoms. The summed E-state index contributed by atoms with van der Waals surface area (Å²) >= 11 is 0. The van der Waals surface area contributed by atoms with E-state index >= 15 is 0 Å². The van der Waals surface area contributed by atoms with Crippen molar-refractivity contribution in [2.24, 2.45) is 0 Å². The molecule has 6 nitrogen and oxygen atoms in total. The van der Waals surface area contributed by atoms with Crippen molar-refractivity contribution in [3.63, 3.8) is 0 Å². The van der Waals surface area contributed by atoms with Gasteiger partial charge in [0.25, 0.3) is 5.91 Å². The van der Waals surface area contributed by atoms with Gasteiger partial charge in [0.15, 0.2) is 0 Å². The number of hydrogen-bond donors (Lipinski definition) is 2. The third-order valence-electron chi connectivity index (χ3n) is 5.09. The fourth-order valence-corrected chi connectivity index (χ4v) is 4.83. The Kier molecular flexibility index (Phi) is 7.14. The number of anilines is 2. The Labute approximate surface area is 185 Å². The minimum absolute atomic E-state index is 0.00387. The summed E-state index contributed by atoms with van der Waals surface area (Å²) in [7, 11) is -3.72. The Bertz CT molecular complexity index is 1060. The van der Waals surface area contributed by atoms with Crippen LogP contribution in [-0.4, -0.2) is 33.5 Å². The highest BCUT2D eigenvalue weighted by atomic mass is 32.2. The Hall–Kier alpha value is -2.59. The van der Waals surface area contributed by atoms with Gasteiger partial charge in [-0.25, -0.2) is 13.1 Å². The molecule has 0 aromatic heterocycles. The number of nitrogens with one attached hydrogen (secondary N) is 2. The minimum Gasteiger partial charge on any atom is -0.370 e. The predicted molar refractivity (Wildman–Crippen MR) is 117 cm³/mol. The van der Waals surface area contributed by atoms with Crippen LogP contribution in [0.1, 0.15) is 49.0 Å². The molecule has 0 aliphatic carbocycles. The maximum Gasteiger partial charge on any atom is 0.416 e. The molecule has 1 amide bonds. The zero-order chi connectivity index (χ0) is 23.5. The Balaban J connectivity index is 1.87. The van der Waals surface area contributed by atoms with E-state index in [0.717, 1.165) is 31.4 Å². The van der Waals surface area contributed by atoms with Crippen molar-refractivity contribution in [1.82, 2.24) is 4.72 Å². The van der Waals surface area contributed by atoms with Gasteiger partial charge in [-0.3, -0.25) is 4.79 Å². The number of alkyl halides is 3. The van der Waals surface area contributed by atoms with Crippen LogP contribution in [0.3, 0.4) is 0 Å². The van der Waals surface area contributed by atoms with Crippen molar-refractivity contribution in [1.29, 1.82) is 0 Å². The molecule has 174 valence electrons. The van der Waals surface area contributed by atoms with E-state index in [9.17, 15) is 26.4 Å². The van der Waals surface area contributed by atoms with Crippen LogP contribution in [0, 0.1) is 0 Å². The van der Waals surface area contributed by atoms with Crippen LogP contribution in [0.2, 0.25) is 0 Å². The standard InChI is InChI=1S/C22H26F3N3O3S/c1-15(2)27-32(30,31)18-9-6-16(7-10-18)21(29)26-19-14-17(22(23,24)25)8-11-20(19)28-12-4-3-5-13-28/h6-11,14-15,27H,3-5,12-13H2,1-2H3,(H,26,29). The molecule has 0 saturated carbocycles. The van der Waals surface area contributed by atoms with Crippen molar-refractivity contribution in [3.05, 3.63) is 53.6 Å². The summed E-state index contributed by atoms with van der Waals surface area (Å²) in [6.07, 6.45) is -1.64. The van der Waals surface area contributed by atoms with Crippen molar-refractivity contribution >= 4 is 27.3 Å². The molecule has 1 saturated heterocycles. The number of nitrogens with zero attached hydrogens (tertiary/aromatic N) is 1. The summed E-state index contributed by atoms with van der Waals surface area (Å²) in [5, 5.41) is 2.58. The molecule has 0 atom stereocenters. The number of rotatable bonds is 6. The first kappa shape index (κ1) is 24.1. The third kappa shape index (κ3) is 5.80. The van der Waals surface area contributed by atoms with Crippen LogP contribution in [0.15, 0.2) is 47.4 Å². The average Bonchev–Trinajstić information content (AvgIpc) is 2.73. The summed E-state index contributed by atoms with van der Waals surface area (Å²) in [4.78, 5) is 14.7. The number of amides is 1. The first-order chi connectivity index (χ1) is 15.0. The second kappa shape index (κ2) is 9.50. The van der Waals surface area contributed by atoms with Gasteiger partial charge in [-0.05, 0) is 75.6 Å². The van der Waals surface area contributed by atoms with Crippen LogP contribution in [0.25, 0.3) is 0 Å². The lowest BCUT2D eigenvalue weighted by molar-refractivity contribution is -0.137. The number of carbonyl (C=O) groups is 1. The first-order valence-electron chi connectivity index (χ1n) is 10.4. The molecule has 2 aromatic rings. The normalized spacial score (nSPS) is 15.1. The molecule has 0 unspecified atom stereocenters. The number of hydrogen-bond acceptors (Lipinski definition) is 4. The zero-order valence-electron chi connectivity index (χ0n) is 17.9. The van der Waals surface area contributed by atoms with Crippen molar-refractivity contribution < 1.29 is 26.4 Å². The summed E-state index contributed by atoms with van der Waals surface area (Å²) in [6, 6.07) is 8.29. The summed E-state index contributed by atoms with van der Waals surface area (Å²) in [5.41, 5.74) is -0.110. The number of carbonyl (C=O) groups excluding carboxylic acids is 1. The maximum atomic E-state index is 13.3. The quantitative estimate of drug-likeness (QED) is 0.646. The van der Waals surface area contributed by atoms with Crippen LogP contribution in [-0.2, 0) is 16.2 Å². The Morgan fingerprint density at radius 1 is 1.00 bits per heavy atom. The second-order valence-electron chi connectivity index (χ2n) is 8.03. The lowest BCUT2D eigenvalue weighted by Crippen LogP contribution is -2.30. The van der Waals surface area contributed by atoms with Gasteiger partial charge < -0.3 is 10.2 Å². The topological polar surface area (TPSA) is 78.5 Å². The van der Waals surface area contributed by atoms with Crippen LogP contribution in [0.4, 0.5) is 24.5 Å². The van der Waals surface area contributed by atoms with E-state index in [1.165, 1.54) is 30.3 Å². The van der Waals surface area contributed by atoms with Gasteiger partial charge in [-0.15, -0.1) is 0 Å². The van der Waals surface area contributed by atoms with E-state index in [1.807, 2.05) is 4.90 Å². The van der Waals surface area contributed by atoms with Crippen molar-refractivity contribution in [2.75, 3.05) is 23.3 Å². The van der Waals surface area contributed by atoms with Crippen LogP contribution in [0.5, 0.6) is 0 Å². The van der Waals surface area contributed by atoms with E-state index in [4.69, 9.17) is 0 Å². The lowest BCUT2D eigenvalue weighted by Gasteiger charge is -2.31. The molecule has 10 heteroatoms. The number of halogens is 3. The van der Waals surface area contributed by atoms with Crippen LogP contribution < -0.4 is 14.9 Å². The van der Waals surface area contributed by atoms with Gasteiger partial charge in [0.2, 0.25) is 10.0 Å². The monoisotopic (exact) mass is 469 g/mol. The van der Waals surface area contributed by atoms with Gasteiger partial charge in [-0.2, -0.15) is 13.2 Å². The molecule has 2 aromatic carbocycles. The summed E-state index contributed by atoms with van der Waals surface area (Å²) in [5.74, 6) is -0.622. The van der Waals surface area contributed by atoms with E-state index in [0.29, 0.717) is 18.8 Å². The minimum atomic E-state index is -4.54. The lowest BCUT2D eigenvalue weighted by atomic mass is 10.1. The number of sulfonamides is 1. The molecule has 1 heterocycles. The van der Waals surface area contributed by atoms with Gasteiger partial charge in [-0.1, -0.05) is 0 Å². The highest BCUT2D eigenvalue weighted by Gasteiger charge is 2.32. The molecule has 0 radical (unpaired) electrons. The first-order valence-corrected chi connectivity index (χ1v) is 11.9. The molecule has 1 aliphatic heterocycles. The second-order valence-corrected chi connectivity index (χ2v) is 9.75. The molecule has 0 bridgehead atoms. The third-order valence-corrected chi connectivity index (χ3v) is 6.76. The summed E-state index contributed by atoms with van der Waals surface area (Å²) < 4.78 is 66.7. The van der Waals surface area contributed by atoms with Gasteiger partial charge in [0.1, 0.15) is 0 Å². The molecular weight excluding hydrogens is 443 g/mol. The maximum absolute atomic E-state index is 13.3. The van der Waals surface area contributed by atoms with E-state index < -0.39 is 27.7 Å². The highest BCUT2D eigenvalue weighted by molar-refractivity contribution is 7.89. The van der Waals surface area contributed by atoms with E-state index in [-0.39, 0.29) is 22.2 Å². The smallest absolute Gasteiger partial charge is 0.370 e. The largest absolute Gasteiger partial charge is 0.416 e. The fraction of sp³-hybridized carbons (Fsp3) is 0.409. The molecule has 1 fully saturated rings. The highest BCUT2D eigenvalue weighted by Crippen LogP contribution is 2.36. The molecule has 3 rings (SSSR count). The van der Waals surface area contributed by atoms with Crippen molar-refractivity contribution in [3.8, 4) is 0 Å². The van der Waals surface area contributed by atoms with Gasteiger partial charge >= 0.3 is 6.18 Å². The van der Waals surface area contributed by atoms with Gasteiger partial charge in [0.05, 0.1) is 21.8 Å².